The Balaban J connectivity index is 2.13. The first-order valence-electron chi connectivity index (χ1n) is 13.4. The van der Waals surface area contributed by atoms with Gasteiger partial charge < -0.3 is 26.6 Å². The number of rotatable bonds is 10. The molecular weight excluding hydrogens is 535 g/mol. The summed E-state index contributed by atoms with van der Waals surface area (Å²) >= 11 is 0. The van der Waals surface area contributed by atoms with Gasteiger partial charge in [-0.05, 0) is 84.7 Å². The predicted octanol–water partition coefficient (Wildman–Crippen LogP) is 4.45. The Morgan fingerprint density at radius 2 is 1.54 bits per heavy atom. The molecule has 0 aliphatic rings. The van der Waals surface area contributed by atoms with Gasteiger partial charge in [-0.15, -0.1) is 0 Å². The summed E-state index contributed by atoms with van der Waals surface area (Å²) in [4.78, 5) is 38.7. The minimum absolute atomic E-state index is 0.113. The highest BCUT2D eigenvalue weighted by Gasteiger charge is 2.32. The highest BCUT2D eigenvalue weighted by molar-refractivity contribution is 6.01. The number of anilines is 1. The Bertz CT molecular complexity index is 1250. The third-order valence-electron chi connectivity index (χ3n) is 5.82. The molecule has 0 heterocycles. The molecule has 0 spiro atoms. The second-order valence-corrected chi connectivity index (χ2v) is 12.2. The molecule has 2 aromatic carbocycles. The number of carbonyl (C=O) groups excluding carboxylic acids is 3. The van der Waals surface area contributed by atoms with Crippen molar-refractivity contribution in [3.05, 3.63) is 64.2 Å². The molecule has 0 aliphatic carbocycles. The number of halogens is 3. The maximum atomic E-state index is 13.3. The van der Waals surface area contributed by atoms with Crippen LogP contribution in [0.1, 0.15) is 74.2 Å². The highest BCUT2D eigenvalue weighted by Crippen LogP contribution is 2.32. The molecular formula is C30H42F3N5O3. The van der Waals surface area contributed by atoms with Gasteiger partial charge in [0.05, 0.1) is 17.7 Å². The molecule has 0 unspecified atom stereocenters. The topological polar surface area (TPSA) is 111 Å². The molecule has 11 heteroatoms. The summed E-state index contributed by atoms with van der Waals surface area (Å²) in [6.45, 7) is 14.9. The summed E-state index contributed by atoms with van der Waals surface area (Å²) < 4.78 is 40.0. The number of amides is 3. The van der Waals surface area contributed by atoms with Crippen molar-refractivity contribution in [2.75, 3.05) is 18.4 Å². The Kier molecular flexibility index (Phi) is 11.0. The number of alkyl halides is 3. The molecule has 226 valence electrons. The van der Waals surface area contributed by atoms with Crippen molar-refractivity contribution in [1.29, 1.82) is 0 Å². The molecule has 8 nitrogen and oxygen atoms in total. The van der Waals surface area contributed by atoms with Gasteiger partial charge in [-0.25, -0.2) is 0 Å². The standard InChI is InChI=1S/C30H42F3N5O3/c1-18-9-10-20(19(2)13-18)15-34-16-24(27(41)38-29(6,7)8)36-25(39)17-35-26(40)22-14-21(30(31,32)33)11-12-23(22)37-28(3,4)5/h9-14,24,34,37H,15-17H2,1-8H3,(H,35,40)(H,36,39)(H,38,41)/t24-/m0/s1. The summed E-state index contributed by atoms with van der Waals surface area (Å²) in [6.07, 6.45) is -4.65. The third kappa shape index (κ3) is 11.4. The van der Waals surface area contributed by atoms with Gasteiger partial charge in [0.1, 0.15) is 6.04 Å². The average Bonchev–Trinajstić information content (AvgIpc) is 2.80. The van der Waals surface area contributed by atoms with E-state index in [1.807, 2.05) is 46.8 Å². The van der Waals surface area contributed by atoms with Gasteiger partial charge in [0.15, 0.2) is 0 Å². The minimum atomic E-state index is -4.65. The summed E-state index contributed by atoms with van der Waals surface area (Å²) in [5.41, 5.74) is 1.14. The summed E-state index contributed by atoms with van der Waals surface area (Å²) in [6, 6.07) is 7.91. The van der Waals surface area contributed by atoms with E-state index in [1.54, 1.807) is 20.8 Å². The number of hydrogen-bond acceptors (Lipinski definition) is 5. The molecule has 0 fully saturated rings. The second kappa shape index (κ2) is 13.4. The SMILES string of the molecule is Cc1ccc(CNC[C@H](NC(=O)CNC(=O)c2cc(C(F)(F)F)ccc2NC(C)(C)C)C(=O)NC(C)(C)C)c(C)c1. The molecule has 0 radical (unpaired) electrons. The Morgan fingerprint density at radius 1 is 0.878 bits per heavy atom. The van der Waals surface area contributed by atoms with Gasteiger partial charge in [-0.1, -0.05) is 23.8 Å². The summed E-state index contributed by atoms with van der Waals surface area (Å²) in [5.74, 6) is -1.94. The van der Waals surface area contributed by atoms with Crippen LogP contribution in [0.2, 0.25) is 0 Å². The monoisotopic (exact) mass is 577 g/mol. The van der Waals surface area contributed by atoms with Crippen LogP contribution in [-0.4, -0.2) is 47.9 Å². The van der Waals surface area contributed by atoms with Gasteiger partial charge in [0, 0.05) is 29.9 Å². The maximum absolute atomic E-state index is 13.3. The molecule has 0 bridgehead atoms. The van der Waals surface area contributed by atoms with Gasteiger partial charge in [-0.2, -0.15) is 13.2 Å². The van der Waals surface area contributed by atoms with Crippen LogP contribution in [-0.2, 0) is 22.3 Å². The first kappa shape index (κ1) is 33.6. The van der Waals surface area contributed by atoms with Crippen LogP contribution in [0.5, 0.6) is 0 Å². The largest absolute Gasteiger partial charge is 0.416 e. The quantitative estimate of drug-likeness (QED) is 0.287. The van der Waals surface area contributed by atoms with Gasteiger partial charge in [0.25, 0.3) is 5.91 Å². The highest BCUT2D eigenvalue weighted by atomic mass is 19.4. The lowest BCUT2D eigenvalue weighted by atomic mass is 10.0. The van der Waals surface area contributed by atoms with E-state index in [1.165, 1.54) is 6.07 Å². The number of carbonyl (C=O) groups is 3. The average molecular weight is 578 g/mol. The lowest BCUT2D eigenvalue weighted by Crippen LogP contribution is -2.56. The first-order chi connectivity index (χ1) is 18.7. The van der Waals surface area contributed by atoms with Crippen molar-refractivity contribution in [2.45, 2.75) is 85.2 Å². The molecule has 0 aliphatic heterocycles. The lowest BCUT2D eigenvalue weighted by Gasteiger charge is -2.26. The van der Waals surface area contributed by atoms with Gasteiger partial charge in [0.2, 0.25) is 11.8 Å². The van der Waals surface area contributed by atoms with Crippen molar-refractivity contribution >= 4 is 23.4 Å². The van der Waals surface area contributed by atoms with Gasteiger partial charge in [-0.3, -0.25) is 14.4 Å². The van der Waals surface area contributed by atoms with Crippen LogP contribution < -0.4 is 26.6 Å². The van der Waals surface area contributed by atoms with Crippen LogP contribution >= 0.6 is 0 Å². The first-order valence-corrected chi connectivity index (χ1v) is 13.4. The number of aryl methyl sites for hydroxylation is 2. The van der Waals surface area contributed by atoms with Crippen molar-refractivity contribution < 1.29 is 27.6 Å². The van der Waals surface area contributed by atoms with E-state index in [0.29, 0.717) is 6.54 Å². The molecule has 5 N–H and O–H groups in total. The zero-order chi connectivity index (χ0) is 31.2. The minimum Gasteiger partial charge on any atom is -0.380 e. The number of hydrogen-bond donors (Lipinski definition) is 5. The van der Waals surface area contributed by atoms with Crippen LogP contribution in [0.4, 0.5) is 18.9 Å². The lowest BCUT2D eigenvalue weighted by molar-refractivity contribution is -0.137. The molecule has 0 aromatic heterocycles. The van der Waals surface area contributed by atoms with Crippen molar-refractivity contribution in [3.8, 4) is 0 Å². The van der Waals surface area contributed by atoms with E-state index < -0.39 is 53.1 Å². The second-order valence-electron chi connectivity index (χ2n) is 12.2. The number of nitrogens with one attached hydrogen (secondary N) is 5. The maximum Gasteiger partial charge on any atom is 0.416 e. The van der Waals surface area contributed by atoms with E-state index in [0.717, 1.165) is 28.8 Å². The zero-order valence-electron chi connectivity index (χ0n) is 25.0. The third-order valence-corrected chi connectivity index (χ3v) is 5.82. The smallest absolute Gasteiger partial charge is 0.380 e. The fraction of sp³-hybridized carbons (Fsp3) is 0.500. The molecule has 41 heavy (non-hydrogen) atoms. The van der Waals surface area contributed by atoms with Gasteiger partial charge >= 0.3 is 6.18 Å². The molecule has 2 aromatic rings. The van der Waals surface area contributed by atoms with Crippen molar-refractivity contribution in [3.63, 3.8) is 0 Å². The molecule has 1 atom stereocenters. The van der Waals surface area contributed by atoms with E-state index in [9.17, 15) is 27.6 Å². The van der Waals surface area contributed by atoms with Crippen LogP contribution in [0.15, 0.2) is 36.4 Å². The molecule has 3 amide bonds. The van der Waals surface area contributed by atoms with E-state index >= 15 is 0 Å². The van der Waals surface area contributed by atoms with Crippen molar-refractivity contribution in [2.24, 2.45) is 0 Å². The Hall–Kier alpha value is -3.60. The van der Waals surface area contributed by atoms with E-state index in [2.05, 4.69) is 32.7 Å². The molecule has 2 rings (SSSR count). The summed E-state index contributed by atoms with van der Waals surface area (Å²) in [5, 5.41) is 14.1. The zero-order valence-corrected chi connectivity index (χ0v) is 25.0. The normalized spacial score (nSPS) is 12.9. The fourth-order valence-corrected chi connectivity index (χ4v) is 3.98. The Labute approximate surface area is 240 Å². The predicted molar refractivity (Wildman–Crippen MR) is 155 cm³/mol. The van der Waals surface area contributed by atoms with E-state index in [4.69, 9.17) is 0 Å². The molecule has 0 saturated carbocycles. The van der Waals surface area contributed by atoms with Crippen LogP contribution in [0.25, 0.3) is 0 Å². The number of benzene rings is 2. The summed E-state index contributed by atoms with van der Waals surface area (Å²) in [7, 11) is 0. The molecule has 0 saturated heterocycles. The Morgan fingerprint density at radius 3 is 2.10 bits per heavy atom. The van der Waals surface area contributed by atoms with Crippen LogP contribution in [0, 0.1) is 13.8 Å². The van der Waals surface area contributed by atoms with Crippen LogP contribution in [0.3, 0.4) is 0 Å². The fourth-order valence-electron chi connectivity index (χ4n) is 3.98. The van der Waals surface area contributed by atoms with E-state index in [-0.39, 0.29) is 17.8 Å². The van der Waals surface area contributed by atoms with Crippen molar-refractivity contribution in [1.82, 2.24) is 21.3 Å².